The Morgan fingerprint density at radius 2 is 1.73 bits per heavy atom. The summed E-state index contributed by atoms with van der Waals surface area (Å²) < 4.78 is 25.9. The molecule has 1 N–H and O–H groups in total. The van der Waals surface area contributed by atoms with Crippen LogP contribution in [-0.4, -0.2) is 18.9 Å². The lowest BCUT2D eigenvalue weighted by molar-refractivity contribution is 0.157. The Morgan fingerprint density at radius 1 is 1.18 bits per heavy atom. The fraction of sp³-hybridized carbons (Fsp3) is 0.611. The Kier molecular flexibility index (Phi) is 10.3. The van der Waals surface area contributed by atoms with Gasteiger partial charge in [-0.05, 0) is 33.1 Å². The van der Waals surface area contributed by atoms with Crippen molar-refractivity contribution in [1.29, 1.82) is 5.41 Å². The van der Waals surface area contributed by atoms with Crippen molar-refractivity contribution < 1.29 is 13.9 Å². The molecular weight excluding hydrogens is 281 g/mol. The summed E-state index contributed by atoms with van der Waals surface area (Å²) in [6.07, 6.45) is 3.02. The molecule has 0 saturated heterocycles. The normalized spacial score (nSPS) is 14.6. The summed E-state index contributed by atoms with van der Waals surface area (Å²) in [5.74, 6) is 0.798. The SMILES string of the molecule is C=CC/C(OCC)=C(\C/C(F)=C(/C(C)=N)C(C)CC)OCC. The molecule has 0 aromatic rings. The zero-order chi connectivity index (χ0) is 17.1. The second kappa shape index (κ2) is 11.0. The van der Waals surface area contributed by atoms with E-state index in [0.29, 0.717) is 36.7 Å². The Morgan fingerprint density at radius 3 is 2.14 bits per heavy atom. The molecule has 0 aliphatic carbocycles. The molecule has 0 heterocycles. The molecule has 0 aliphatic heterocycles. The molecule has 0 bridgehead atoms. The van der Waals surface area contributed by atoms with E-state index < -0.39 is 0 Å². The third kappa shape index (κ3) is 6.46. The highest BCUT2D eigenvalue weighted by molar-refractivity contribution is 5.96. The average molecular weight is 311 g/mol. The summed E-state index contributed by atoms with van der Waals surface area (Å²) in [4.78, 5) is 0. The zero-order valence-electron chi connectivity index (χ0n) is 14.6. The molecule has 3 nitrogen and oxygen atoms in total. The maximum absolute atomic E-state index is 14.7. The number of ether oxygens (including phenoxy) is 2. The summed E-state index contributed by atoms with van der Waals surface area (Å²) in [7, 11) is 0. The van der Waals surface area contributed by atoms with Crippen molar-refractivity contribution in [3.8, 4) is 0 Å². The van der Waals surface area contributed by atoms with E-state index in [-0.39, 0.29) is 23.9 Å². The third-order valence-corrected chi connectivity index (χ3v) is 3.40. The molecule has 1 unspecified atom stereocenters. The van der Waals surface area contributed by atoms with Crippen LogP contribution in [0.3, 0.4) is 0 Å². The molecule has 0 spiro atoms. The van der Waals surface area contributed by atoms with Gasteiger partial charge in [0.15, 0.2) is 0 Å². The van der Waals surface area contributed by atoms with Crippen molar-refractivity contribution in [3.63, 3.8) is 0 Å². The maximum atomic E-state index is 14.7. The summed E-state index contributed by atoms with van der Waals surface area (Å²) in [6, 6.07) is 0. The summed E-state index contributed by atoms with van der Waals surface area (Å²) >= 11 is 0. The van der Waals surface area contributed by atoms with Gasteiger partial charge in [0.25, 0.3) is 0 Å². The van der Waals surface area contributed by atoms with Gasteiger partial charge in [-0.15, -0.1) is 6.58 Å². The first-order valence-electron chi connectivity index (χ1n) is 7.95. The number of nitrogens with one attached hydrogen (secondary N) is 1. The van der Waals surface area contributed by atoms with Crippen LogP contribution in [0.15, 0.2) is 35.6 Å². The topological polar surface area (TPSA) is 42.3 Å². The van der Waals surface area contributed by atoms with E-state index in [1.54, 1.807) is 13.0 Å². The molecule has 0 aliphatic rings. The first-order valence-corrected chi connectivity index (χ1v) is 7.95. The molecule has 0 aromatic heterocycles. The largest absolute Gasteiger partial charge is 0.494 e. The molecule has 4 heteroatoms. The summed E-state index contributed by atoms with van der Waals surface area (Å²) in [6.45, 7) is 13.9. The van der Waals surface area contributed by atoms with Crippen molar-refractivity contribution in [2.45, 2.75) is 53.9 Å². The minimum absolute atomic E-state index is 0.00956. The van der Waals surface area contributed by atoms with Crippen molar-refractivity contribution in [3.05, 3.63) is 35.6 Å². The van der Waals surface area contributed by atoms with Crippen molar-refractivity contribution >= 4 is 5.71 Å². The molecule has 126 valence electrons. The number of halogens is 1. The highest BCUT2D eigenvalue weighted by Crippen LogP contribution is 2.28. The number of allylic oxidation sites excluding steroid dienone is 3. The van der Waals surface area contributed by atoms with Gasteiger partial charge >= 0.3 is 0 Å². The number of hydrogen-bond acceptors (Lipinski definition) is 3. The van der Waals surface area contributed by atoms with Crippen LogP contribution in [-0.2, 0) is 9.47 Å². The summed E-state index contributed by atoms with van der Waals surface area (Å²) in [5, 5.41) is 7.83. The van der Waals surface area contributed by atoms with Gasteiger partial charge in [0, 0.05) is 17.7 Å². The monoisotopic (exact) mass is 311 g/mol. The quantitative estimate of drug-likeness (QED) is 0.309. The lowest BCUT2D eigenvalue weighted by Gasteiger charge is -2.18. The molecule has 1 atom stereocenters. The van der Waals surface area contributed by atoms with Crippen LogP contribution in [0.5, 0.6) is 0 Å². The predicted octanol–water partition coefficient (Wildman–Crippen LogP) is 5.55. The molecule has 0 amide bonds. The lowest BCUT2D eigenvalue weighted by Crippen LogP contribution is -2.10. The van der Waals surface area contributed by atoms with Crippen LogP contribution in [0.2, 0.25) is 0 Å². The lowest BCUT2D eigenvalue weighted by atomic mass is 9.93. The van der Waals surface area contributed by atoms with Crippen LogP contribution >= 0.6 is 0 Å². The van der Waals surface area contributed by atoms with Gasteiger partial charge in [-0.25, -0.2) is 4.39 Å². The fourth-order valence-electron chi connectivity index (χ4n) is 2.24. The van der Waals surface area contributed by atoms with Crippen LogP contribution in [0.4, 0.5) is 4.39 Å². The highest BCUT2D eigenvalue weighted by Gasteiger charge is 2.19. The van der Waals surface area contributed by atoms with E-state index in [4.69, 9.17) is 14.9 Å². The van der Waals surface area contributed by atoms with Crippen LogP contribution in [0.1, 0.15) is 53.9 Å². The van der Waals surface area contributed by atoms with Crippen LogP contribution < -0.4 is 0 Å². The van der Waals surface area contributed by atoms with E-state index >= 15 is 0 Å². The van der Waals surface area contributed by atoms with Gasteiger partial charge in [-0.2, -0.15) is 0 Å². The van der Waals surface area contributed by atoms with Crippen molar-refractivity contribution in [2.75, 3.05) is 13.2 Å². The van der Waals surface area contributed by atoms with Crippen LogP contribution in [0, 0.1) is 11.3 Å². The minimum atomic E-state index is -0.313. The molecule has 0 radical (unpaired) electrons. The third-order valence-electron chi connectivity index (χ3n) is 3.40. The van der Waals surface area contributed by atoms with Gasteiger partial charge in [0.1, 0.15) is 17.3 Å². The first-order chi connectivity index (χ1) is 10.4. The molecule has 0 aromatic carbocycles. The van der Waals surface area contributed by atoms with Gasteiger partial charge < -0.3 is 14.9 Å². The smallest absolute Gasteiger partial charge is 0.141 e. The van der Waals surface area contributed by atoms with E-state index in [1.165, 1.54) is 0 Å². The molecule has 0 rings (SSSR count). The minimum Gasteiger partial charge on any atom is -0.494 e. The molecular formula is C18H30FNO2. The highest BCUT2D eigenvalue weighted by atomic mass is 19.1. The fourth-order valence-corrected chi connectivity index (χ4v) is 2.24. The molecule has 22 heavy (non-hydrogen) atoms. The van der Waals surface area contributed by atoms with Gasteiger partial charge in [0.2, 0.25) is 0 Å². The Balaban J connectivity index is 5.65. The standard InChI is InChI=1S/C18H30FNO2/c1-7-11-16(21-9-3)17(22-10-4)12-15(19)18(14(6)20)13(5)8-2/h7,13,20H,1,8-12H2,2-6H3/b17-16-,18-15-,20-14?. The second-order valence-corrected chi connectivity index (χ2v) is 5.13. The average Bonchev–Trinajstić information content (AvgIpc) is 2.46. The predicted molar refractivity (Wildman–Crippen MR) is 90.7 cm³/mol. The van der Waals surface area contributed by atoms with E-state index in [0.717, 1.165) is 6.42 Å². The molecule has 0 saturated carbocycles. The van der Waals surface area contributed by atoms with E-state index in [2.05, 4.69) is 6.58 Å². The first kappa shape index (κ1) is 20.4. The van der Waals surface area contributed by atoms with Crippen molar-refractivity contribution in [2.24, 2.45) is 5.92 Å². The number of hydrogen-bond donors (Lipinski definition) is 1. The van der Waals surface area contributed by atoms with Gasteiger partial charge in [0.05, 0.1) is 19.6 Å². The number of rotatable bonds is 11. The Bertz CT molecular complexity index is 438. The van der Waals surface area contributed by atoms with E-state index in [9.17, 15) is 4.39 Å². The van der Waals surface area contributed by atoms with Crippen molar-refractivity contribution in [1.82, 2.24) is 0 Å². The van der Waals surface area contributed by atoms with E-state index in [1.807, 2.05) is 27.7 Å². The zero-order valence-corrected chi connectivity index (χ0v) is 14.6. The van der Waals surface area contributed by atoms with Gasteiger partial charge in [-0.3, -0.25) is 0 Å². The Labute approximate surface area is 134 Å². The molecule has 0 fully saturated rings. The second-order valence-electron chi connectivity index (χ2n) is 5.13. The van der Waals surface area contributed by atoms with Crippen LogP contribution in [0.25, 0.3) is 0 Å². The van der Waals surface area contributed by atoms with Gasteiger partial charge in [-0.1, -0.05) is 19.9 Å². The Hall–Kier alpha value is -1.58. The summed E-state index contributed by atoms with van der Waals surface area (Å²) in [5.41, 5.74) is 0.735. The maximum Gasteiger partial charge on any atom is 0.141 e.